The highest BCUT2D eigenvalue weighted by Crippen LogP contribution is 2.25. The summed E-state index contributed by atoms with van der Waals surface area (Å²) in [6, 6.07) is 3.34. The topological polar surface area (TPSA) is 73.8 Å². The molecule has 0 aliphatic heterocycles. The zero-order valence-corrected chi connectivity index (χ0v) is 12.7. The molecule has 1 atom stereocenters. The maximum Gasteiger partial charge on any atom is 0.240 e. The van der Waals surface area contributed by atoms with Crippen molar-refractivity contribution in [2.45, 2.75) is 33.2 Å². The van der Waals surface area contributed by atoms with Gasteiger partial charge in [0.2, 0.25) is 5.91 Å². The van der Waals surface area contributed by atoms with Gasteiger partial charge in [0.15, 0.2) is 5.65 Å². The molecular weight excluding hydrogens is 276 g/mol. The predicted molar refractivity (Wildman–Crippen MR) is 79.8 cm³/mol. The lowest BCUT2D eigenvalue weighted by molar-refractivity contribution is -0.122. The van der Waals surface area contributed by atoms with Gasteiger partial charge >= 0.3 is 0 Å². The average molecular weight is 295 g/mol. The van der Waals surface area contributed by atoms with Crippen LogP contribution in [0.2, 0.25) is 0 Å². The molecule has 1 unspecified atom stereocenters. The summed E-state index contributed by atoms with van der Waals surface area (Å²) in [7, 11) is 0. The monoisotopic (exact) mass is 294 g/mol. The summed E-state index contributed by atoms with van der Waals surface area (Å²) in [5.74, 6) is 0.872. The summed E-state index contributed by atoms with van der Waals surface area (Å²) in [5, 5.41) is 0. The number of carbonyl (C=O) groups excluding carboxylic acids is 1. The normalized spacial score (nSPS) is 13.1. The largest absolute Gasteiger partial charge is 0.368 e. The number of nitrogens with two attached hydrogens (primary N) is 1. The van der Waals surface area contributed by atoms with Crippen molar-refractivity contribution >= 4 is 28.7 Å². The van der Waals surface area contributed by atoms with E-state index in [1.54, 1.807) is 0 Å². The van der Waals surface area contributed by atoms with Crippen molar-refractivity contribution in [3.05, 3.63) is 23.7 Å². The summed E-state index contributed by atoms with van der Waals surface area (Å²) < 4.78 is 1.84. The third kappa shape index (κ3) is 2.63. The van der Waals surface area contributed by atoms with Gasteiger partial charge in [-0.15, -0.1) is 11.6 Å². The molecule has 0 saturated heterocycles. The van der Waals surface area contributed by atoms with Gasteiger partial charge in [-0.2, -0.15) is 0 Å². The first-order valence-corrected chi connectivity index (χ1v) is 7.19. The van der Waals surface area contributed by atoms with E-state index in [2.05, 4.69) is 9.97 Å². The number of hydrogen-bond donors (Lipinski definition) is 1. The van der Waals surface area contributed by atoms with Crippen LogP contribution in [0.4, 0.5) is 0 Å². The number of alkyl halides is 1. The predicted octanol–water partition coefficient (Wildman–Crippen LogP) is 2.20. The first-order chi connectivity index (χ1) is 9.45. The van der Waals surface area contributed by atoms with Crippen LogP contribution in [0.15, 0.2) is 12.1 Å². The fraction of sp³-hybridized carbons (Fsp3) is 0.500. The molecule has 2 rings (SSSR count). The number of aryl methyl sites for hydroxylation is 2. The lowest BCUT2D eigenvalue weighted by Crippen LogP contribution is -2.32. The first kappa shape index (κ1) is 14.8. The van der Waals surface area contributed by atoms with Crippen molar-refractivity contribution in [1.29, 1.82) is 0 Å². The number of amides is 1. The minimum absolute atomic E-state index is 0.0567. The van der Waals surface area contributed by atoms with Crippen molar-refractivity contribution in [3.8, 4) is 0 Å². The number of carbonyl (C=O) groups is 1. The molecule has 2 aromatic heterocycles. The molecule has 0 saturated carbocycles. The Morgan fingerprint density at radius 3 is 2.65 bits per heavy atom. The van der Waals surface area contributed by atoms with Gasteiger partial charge in [-0.1, -0.05) is 13.8 Å². The molecule has 0 aromatic carbocycles. The Morgan fingerprint density at radius 1 is 1.40 bits per heavy atom. The Bertz CT molecular complexity index is 635. The van der Waals surface area contributed by atoms with Crippen molar-refractivity contribution in [3.63, 3.8) is 0 Å². The zero-order valence-electron chi connectivity index (χ0n) is 11.9. The molecule has 108 valence electrons. The van der Waals surface area contributed by atoms with Crippen molar-refractivity contribution in [2.75, 3.05) is 5.88 Å². The Balaban J connectivity index is 2.71. The molecule has 6 heteroatoms. The molecule has 2 aromatic rings. The maximum absolute atomic E-state index is 11.8. The van der Waals surface area contributed by atoms with Crippen LogP contribution in [-0.2, 0) is 11.2 Å². The molecule has 0 aliphatic rings. The highest BCUT2D eigenvalue weighted by atomic mass is 35.5. The van der Waals surface area contributed by atoms with E-state index >= 15 is 0 Å². The zero-order chi connectivity index (χ0) is 14.9. The summed E-state index contributed by atoms with van der Waals surface area (Å²) in [4.78, 5) is 20.9. The van der Waals surface area contributed by atoms with Crippen molar-refractivity contribution < 1.29 is 4.79 Å². The van der Waals surface area contributed by atoms with Gasteiger partial charge in [-0.05, 0) is 25.0 Å². The lowest BCUT2D eigenvalue weighted by Gasteiger charge is -2.21. The van der Waals surface area contributed by atoms with Crippen LogP contribution in [0.3, 0.4) is 0 Å². The first-order valence-electron chi connectivity index (χ1n) is 6.65. The van der Waals surface area contributed by atoms with E-state index in [-0.39, 0.29) is 11.8 Å². The highest BCUT2D eigenvalue weighted by molar-refractivity contribution is 6.17. The number of pyridine rings is 1. The van der Waals surface area contributed by atoms with Crippen molar-refractivity contribution in [1.82, 2.24) is 14.5 Å². The second-order valence-corrected chi connectivity index (χ2v) is 5.60. The Labute approximate surface area is 123 Å². The minimum atomic E-state index is -0.465. The molecule has 1 amide bonds. The Hall–Kier alpha value is -1.62. The van der Waals surface area contributed by atoms with Crippen LogP contribution in [0, 0.1) is 12.8 Å². The number of nitrogens with zero attached hydrogens (tertiary/aromatic N) is 3. The second-order valence-electron chi connectivity index (χ2n) is 5.22. The number of imidazole rings is 1. The quantitative estimate of drug-likeness (QED) is 0.859. The number of rotatable bonds is 5. The van der Waals surface area contributed by atoms with Gasteiger partial charge in [-0.3, -0.25) is 9.36 Å². The van der Waals surface area contributed by atoms with E-state index in [1.165, 1.54) is 0 Å². The molecule has 0 aliphatic carbocycles. The molecule has 0 spiro atoms. The lowest BCUT2D eigenvalue weighted by atomic mass is 10.0. The van der Waals surface area contributed by atoms with Gasteiger partial charge in [0.25, 0.3) is 0 Å². The fourth-order valence-corrected chi connectivity index (χ4v) is 2.59. The van der Waals surface area contributed by atoms with Crippen LogP contribution in [-0.4, -0.2) is 26.3 Å². The second kappa shape index (κ2) is 5.79. The maximum atomic E-state index is 11.8. The van der Waals surface area contributed by atoms with E-state index < -0.39 is 6.04 Å². The van der Waals surface area contributed by atoms with Gasteiger partial charge in [0.05, 0.1) is 0 Å². The third-order valence-electron chi connectivity index (χ3n) is 3.27. The van der Waals surface area contributed by atoms with E-state index in [0.717, 1.165) is 17.0 Å². The molecule has 2 heterocycles. The Kier molecular flexibility index (Phi) is 4.28. The van der Waals surface area contributed by atoms with Gasteiger partial charge in [0, 0.05) is 18.0 Å². The summed E-state index contributed by atoms with van der Waals surface area (Å²) in [6.07, 6.45) is 0.577. The summed E-state index contributed by atoms with van der Waals surface area (Å²) >= 11 is 5.84. The highest BCUT2D eigenvalue weighted by Gasteiger charge is 2.27. The molecule has 0 bridgehead atoms. The van der Waals surface area contributed by atoms with E-state index in [4.69, 9.17) is 17.3 Å². The van der Waals surface area contributed by atoms with Gasteiger partial charge in [-0.25, -0.2) is 9.97 Å². The molecule has 0 radical (unpaired) electrons. The van der Waals surface area contributed by atoms with Crippen LogP contribution < -0.4 is 5.73 Å². The van der Waals surface area contributed by atoms with Gasteiger partial charge in [0.1, 0.15) is 17.4 Å². The smallest absolute Gasteiger partial charge is 0.240 e. The number of halogens is 1. The Morgan fingerprint density at radius 2 is 2.10 bits per heavy atom. The molecular formula is C14H19ClN4O. The van der Waals surface area contributed by atoms with Crippen LogP contribution in [0.1, 0.15) is 31.4 Å². The summed E-state index contributed by atoms with van der Waals surface area (Å²) in [5.41, 5.74) is 7.92. The average Bonchev–Trinajstić information content (AvgIpc) is 2.68. The fourth-order valence-electron chi connectivity index (χ4n) is 2.42. The summed E-state index contributed by atoms with van der Waals surface area (Å²) in [6.45, 7) is 5.83. The SMILES string of the molecule is Cc1ccc2nc(CCCl)n(C(C(N)=O)C(C)C)c2n1. The number of primary amides is 1. The number of fused-ring (bicyclic) bond motifs is 1. The van der Waals surface area contributed by atoms with E-state index in [9.17, 15) is 4.79 Å². The standard InChI is InChI=1S/C14H19ClN4O/c1-8(2)12(13(16)20)19-11(6-7-15)18-10-5-4-9(3)17-14(10)19/h4-5,8,12H,6-7H2,1-3H3,(H2,16,20). The van der Waals surface area contributed by atoms with Crippen LogP contribution in [0.5, 0.6) is 0 Å². The molecule has 5 nitrogen and oxygen atoms in total. The minimum Gasteiger partial charge on any atom is -0.368 e. The van der Waals surface area contributed by atoms with E-state index in [1.807, 2.05) is 37.5 Å². The molecule has 20 heavy (non-hydrogen) atoms. The molecule has 2 N–H and O–H groups in total. The number of hydrogen-bond acceptors (Lipinski definition) is 3. The van der Waals surface area contributed by atoms with E-state index in [0.29, 0.717) is 17.9 Å². The van der Waals surface area contributed by atoms with Crippen LogP contribution >= 0.6 is 11.6 Å². The van der Waals surface area contributed by atoms with Gasteiger partial charge < -0.3 is 5.73 Å². The van der Waals surface area contributed by atoms with Crippen LogP contribution in [0.25, 0.3) is 11.2 Å². The van der Waals surface area contributed by atoms with Crippen molar-refractivity contribution in [2.24, 2.45) is 11.7 Å². The number of aromatic nitrogens is 3. The third-order valence-corrected chi connectivity index (χ3v) is 3.46. The molecule has 0 fully saturated rings.